The Hall–Kier alpha value is -2.84. The summed E-state index contributed by atoms with van der Waals surface area (Å²) in [6, 6.07) is 6.11. The van der Waals surface area contributed by atoms with Gasteiger partial charge in [0, 0.05) is 55.9 Å². The molecule has 1 aromatic carbocycles. The lowest BCUT2D eigenvalue weighted by Gasteiger charge is -2.40. The second-order valence-corrected chi connectivity index (χ2v) is 9.17. The van der Waals surface area contributed by atoms with Gasteiger partial charge in [-0.2, -0.15) is 0 Å². The predicted octanol–water partition coefficient (Wildman–Crippen LogP) is 2.96. The van der Waals surface area contributed by atoms with Crippen molar-refractivity contribution < 1.29 is 19.1 Å². The molecular formula is C25H31ClN4O4. The number of nitrogens with one attached hydrogen (secondary N) is 1. The molecule has 1 saturated carbocycles. The number of ether oxygens (including phenoxy) is 1. The molecule has 3 amide bonds. The maximum Gasteiger partial charge on any atom is 0.338 e. The molecule has 4 rings (SSSR count). The van der Waals surface area contributed by atoms with Gasteiger partial charge in [0.25, 0.3) is 0 Å². The van der Waals surface area contributed by atoms with Crippen LogP contribution in [-0.2, 0) is 14.3 Å². The molecule has 0 aromatic heterocycles. The molecule has 3 aliphatic rings. The first-order valence-electron chi connectivity index (χ1n) is 11.8. The molecule has 1 atom stereocenters. The van der Waals surface area contributed by atoms with E-state index < -0.39 is 12.0 Å². The molecule has 0 radical (unpaired) electrons. The van der Waals surface area contributed by atoms with Gasteiger partial charge >= 0.3 is 12.0 Å². The third-order valence-corrected chi connectivity index (χ3v) is 6.79. The number of hydrogen-bond acceptors (Lipinski definition) is 5. The van der Waals surface area contributed by atoms with Gasteiger partial charge in [-0.3, -0.25) is 14.6 Å². The summed E-state index contributed by atoms with van der Waals surface area (Å²) < 4.78 is 5.42. The summed E-state index contributed by atoms with van der Waals surface area (Å²) >= 11 is 6.46. The number of esters is 1. The average Bonchev–Trinajstić information content (AvgIpc) is 3.67. The van der Waals surface area contributed by atoms with Crippen LogP contribution in [0.4, 0.5) is 4.79 Å². The fourth-order valence-corrected chi connectivity index (χ4v) is 4.76. The predicted molar refractivity (Wildman–Crippen MR) is 129 cm³/mol. The Kier molecular flexibility index (Phi) is 7.58. The van der Waals surface area contributed by atoms with Crippen LogP contribution in [0.5, 0.6) is 0 Å². The molecule has 8 nitrogen and oxygen atoms in total. The van der Waals surface area contributed by atoms with Gasteiger partial charge in [0.1, 0.15) is 0 Å². The normalized spacial score (nSPS) is 21.4. The number of carbonyl (C=O) groups is 3. The van der Waals surface area contributed by atoms with Crippen LogP contribution in [0, 0.1) is 5.92 Å². The highest BCUT2D eigenvalue weighted by atomic mass is 35.5. The first kappa shape index (κ1) is 24.3. The Morgan fingerprint density at radius 2 is 1.91 bits per heavy atom. The number of halogens is 1. The summed E-state index contributed by atoms with van der Waals surface area (Å²) in [7, 11) is 0. The number of amides is 3. The zero-order chi connectivity index (χ0) is 24.2. The van der Waals surface area contributed by atoms with Crippen molar-refractivity contribution in [1.29, 1.82) is 0 Å². The van der Waals surface area contributed by atoms with E-state index in [2.05, 4.69) is 16.8 Å². The maximum atomic E-state index is 13.2. The lowest BCUT2D eigenvalue weighted by Crippen LogP contribution is -2.54. The number of rotatable bonds is 8. The number of urea groups is 1. The molecule has 2 heterocycles. The fourth-order valence-electron chi connectivity index (χ4n) is 4.51. The van der Waals surface area contributed by atoms with Crippen molar-refractivity contribution in [1.82, 2.24) is 20.0 Å². The zero-order valence-electron chi connectivity index (χ0n) is 19.5. The van der Waals surface area contributed by atoms with Crippen molar-refractivity contribution >= 4 is 29.5 Å². The lowest BCUT2D eigenvalue weighted by molar-refractivity contribution is -0.139. The van der Waals surface area contributed by atoms with E-state index in [1.165, 1.54) is 4.90 Å². The first-order chi connectivity index (χ1) is 16.4. The average molecular weight is 487 g/mol. The van der Waals surface area contributed by atoms with E-state index in [1.54, 1.807) is 31.2 Å². The van der Waals surface area contributed by atoms with Crippen molar-refractivity contribution in [3.05, 3.63) is 58.8 Å². The van der Waals surface area contributed by atoms with Crippen molar-refractivity contribution in [2.45, 2.75) is 25.8 Å². The highest BCUT2D eigenvalue weighted by Gasteiger charge is 2.40. The van der Waals surface area contributed by atoms with E-state index in [-0.39, 0.29) is 31.0 Å². The summed E-state index contributed by atoms with van der Waals surface area (Å²) in [5.74, 6) is -0.0413. The van der Waals surface area contributed by atoms with Crippen LogP contribution in [-0.4, -0.2) is 78.5 Å². The largest absolute Gasteiger partial charge is 0.463 e. The molecule has 0 spiro atoms. The summed E-state index contributed by atoms with van der Waals surface area (Å²) in [6.07, 6.45) is 3.61. The van der Waals surface area contributed by atoms with Gasteiger partial charge in [-0.15, -0.1) is 6.58 Å². The van der Waals surface area contributed by atoms with Crippen LogP contribution in [0.3, 0.4) is 0 Å². The standard InChI is InChI=1S/C25H31ClN4O4/c1-3-11-30-20(16-28-12-14-29(15-13-28)23(31)17-9-10-17)21(24(32)34-4-2)22(27-25(30)33)18-7-5-6-8-19(18)26/h3,5-8,17,22H,1,4,9-16H2,2H3,(H,27,33). The minimum Gasteiger partial charge on any atom is -0.463 e. The fraction of sp³-hybridized carbons (Fsp3) is 0.480. The molecule has 1 aromatic rings. The third-order valence-electron chi connectivity index (χ3n) is 6.45. The maximum absolute atomic E-state index is 13.2. The van der Waals surface area contributed by atoms with E-state index in [1.807, 2.05) is 11.0 Å². The molecule has 182 valence electrons. The van der Waals surface area contributed by atoms with Crippen molar-refractivity contribution in [3.63, 3.8) is 0 Å². The SMILES string of the molecule is C=CCN1C(=O)NC(c2ccccc2Cl)C(C(=O)OCC)=C1CN1CCN(C(=O)C2CC2)CC1. The monoisotopic (exact) mass is 486 g/mol. The van der Waals surface area contributed by atoms with Crippen LogP contribution >= 0.6 is 11.6 Å². The topological polar surface area (TPSA) is 82.2 Å². The smallest absolute Gasteiger partial charge is 0.338 e. The number of hydrogen-bond donors (Lipinski definition) is 1. The molecule has 2 aliphatic heterocycles. The second-order valence-electron chi connectivity index (χ2n) is 8.76. The molecule has 9 heteroatoms. The van der Waals surface area contributed by atoms with Crippen LogP contribution in [0.15, 0.2) is 48.2 Å². The van der Waals surface area contributed by atoms with E-state index in [0.717, 1.165) is 12.8 Å². The Bertz CT molecular complexity index is 998. The van der Waals surface area contributed by atoms with E-state index in [4.69, 9.17) is 16.3 Å². The highest BCUT2D eigenvalue weighted by molar-refractivity contribution is 6.31. The molecule has 1 N–H and O–H groups in total. The number of carbonyl (C=O) groups excluding carboxylic acids is 3. The number of piperazine rings is 1. The van der Waals surface area contributed by atoms with Gasteiger partial charge in [-0.25, -0.2) is 9.59 Å². The number of nitrogens with zero attached hydrogens (tertiary/aromatic N) is 3. The van der Waals surface area contributed by atoms with E-state index in [0.29, 0.717) is 54.6 Å². The lowest BCUT2D eigenvalue weighted by atomic mass is 9.94. The van der Waals surface area contributed by atoms with Crippen LogP contribution in [0.25, 0.3) is 0 Å². The van der Waals surface area contributed by atoms with Crippen molar-refractivity contribution in [2.75, 3.05) is 45.9 Å². The van der Waals surface area contributed by atoms with Crippen molar-refractivity contribution in [3.8, 4) is 0 Å². The van der Waals surface area contributed by atoms with Crippen LogP contribution in [0.2, 0.25) is 5.02 Å². The zero-order valence-corrected chi connectivity index (χ0v) is 20.2. The molecule has 0 bridgehead atoms. The molecule has 1 unspecified atom stereocenters. The molecule has 2 fully saturated rings. The van der Waals surface area contributed by atoms with E-state index in [9.17, 15) is 14.4 Å². The molecular weight excluding hydrogens is 456 g/mol. The Balaban J connectivity index is 1.66. The Morgan fingerprint density at radius 3 is 2.53 bits per heavy atom. The minimum absolute atomic E-state index is 0.200. The summed E-state index contributed by atoms with van der Waals surface area (Å²) in [6.45, 7) is 8.97. The van der Waals surface area contributed by atoms with Gasteiger partial charge < -0.3 is 15.0 Å². The number of benzene rings is 1. The highest BCUT2D eigenvalue weighted by Crippen LogP contribution is 2.35. The van der Waals surface area contributed by atoms with E-state index >= 15 is 0 Å². The second kappa shape index (κ2) is 10.6. The Labute approximate surface area is 205 Å². The van der Waals surface area contributed by atoms with Gasteiger partial charge in [-0.05, 0) is 31.4 Å². The summed E-state index contributed by atoms with van der Waals surface area (Å²) in [5, 5.41) is 3.39. The van der Waals surface area contributed by atoms with Gasteiger partial charge in [0.15, 0.2) is 0 Å². The molecule has 34 heavy (non-hydrogen) atoms. The molecule has 1 aliphatic carbocycles. The minimum atomic E-state index is -0.728. The van der Waals surface area contributed by atoms with Crippen molar-refractivity contribution in [2.24, 2.45) is 5.92 Å². The van der Waals surface area contributed by atoms with Crippen LogP contribution < -0.4 is 5.32 Å². The van der Waals surface area contributed by atoms with Gasteiger partial charge in [0.05, 0.1) is 18.2 Å². The summed E-state index contributed by atoms with van der Waals surface area (Å²) in [4.78, 5) is 44.4. The summed E-state index contributed by atoms with van der Waals surface area (Å²) in [5.41, 5.74) is 1.58. The van der Waals surface area contributed by atoms with Crippen LogP contribution in [0.1, 0.15) is 31.4 Å². The quantitative estimate of drug-likeness (QED) is 0.451. The first-order valence-corrected chi connectivity index (χ1v) is 12.2. The third kappa shape index (κ3) is 5.13. The Morgan fingerprint density at radius 1 is 1.21 bits per heavy atom. The molecule has 1 saturated heterocycles. The van der Waals surface area contributed by atoms with Gasteiger partial charge in [-0.1, -0.05) is 35.9 Å². The van der Waals surface area contributed by atoms with Gasteiger partial charge in [0.2, 0.25) is 5.91 Å².